The summed E-state index contributed by atoms with van der Waals surface area (Å²) in [5, 5.41) is 0. The van der Waals surface area contributed by atoms with E-state index in [1.807, 2.05) is 0 Å². The minimum atomic E-state index is 0.720. The Morgan fingerprint density at radius 1 is 1.00 bits per heavy atom. The SMILES string of the molecule is NCC1CCCCC1N(Cc1ccccc1)C1CC1. The molecule has 0 bridgehead atoms. The lowest BCUT2D eigenvalue weighted by Crippen LogP contribution is -2.45. The van der Waals surface area contributed by atoms with Gasteiger partial charge >= 0.3 is 0 Å². The molecule has 2 aliphatic carbocycles. The summed E-state index contributed by atoms with van der Waals surface area (Å²) in [7, 11) is 0. The van der Waals surface area contributed by atoms with Crippen molar-refractivity contribution in [2.45, 2.75) is 57.2 Å². The standard InChI is InChI=1S/C17H26N2/c18-12-15-8-4-5-9-17(15)19(16-10-11-16)13-14-6-2-1-3-7-14/h1-3,6-7,15-17H,4-5,8-13,18H2. The molecule has 0 spiro atoms. The Morgan fingerprint density at radius 3 is 2.42 bits per heavy atom. The minimum Gasteiger partial charge on any atom is -0.330 e. The summed E-state index contributed by atoms with van der Waals surface area (Å²) in [6.45, 7) is 1.98. The average Bonchev–Trinajstić information content (AvgIpc) is 3.30. The minimum absolute atomic E-state index is 0.720. The van der Waals surface area contributed by atoms with Gasteiger partial charge in [0.25, 0.3) is 0 Å². The van der Waals surface area contributed by atoms with Gasteiger partial charge in [-0.05, 0) is 43.7 Å². The van der Waals surface area contributed by atoms with E-state index in [0.717, 1.165) is 31.1 Å². The van der Waals surface area contributed by atoms with Crippen LogP contribution in [0.4, 0.5) is 0 Å². The first-order chi connectivity index (χ1) is 9.38. The van der Waals surface area contributed by atoms with Crippen molar-refractivity contribution in [1.82, 2.24) is 4.90 Å². The molecule has 1 aromatic carbocycles. The van der Waals surface area contributed by atoms with Crippen LogP contribution >= 0.6 is 0 Å². The second kappa shape index (κ2) is 6.06. The predicted octanol–water partition coefficient (Wildman–Crippen LogP) is 3.17. The van der Waals surface area contributed by atoms with E-state index in [2.05, 4.69) is 35.2 Å². The third-order valence-corrected chi connectivity index (χ3v) is 4.82. The second-order valence-electron chi connectivity index (χ2n) is 6.24. The Bertz CT molecular complexity index is 386. The largest absolute Gasteiger partial charge is 0.330 e. The lowest BCUT2D eigenvalue weighted by molar-refractivity contribution is 0.0920. The van der Waals surface area contributed by atoms with E-state index in [-0.39, 0.29) is 0 Å². The molecule has 1 aromatic rings. The Kier molecular flexibility index (Phi) is 4.19. The molecule has 2 heteroatoms. The summed E-state index contributed by atoms with van der Waals surface area (Å²) in [4.78, 5) is 2.77. The third-order valence-electron chi connectivity index (χ3n) is 4.82. The number of nitrogens with two attached hydrogens (primary N) is 1. The summed E-state index contributed by atoms with van der Waals surface area (Å²) in [5.41, 5.74) is 7.47. The van der Waals surface area contributed by atoms with Crippen LogP contribution in [-0.2, 0) is 6.54 Å². The summed E-state index contributed by atoms with van der Waals surface area (Å²) >= 11 is 0. The fraction of sp³-hybridized carbons (Fsp3) is 0.647. The maximum absolute atomic E-state index is 6.02. The summed E-state index contributed by atoms with van der Waals surface area (Å²) < 4.78 is 0. The molecular weight excluding hydrogens is 232 g/mol. The Morgan fingerprint density at radius 2 is 1.74 bits per heavy atom. The first-order valence-electron chi connectivity index (χ1n) is 7.88. The van der Waals surface area contributed by atoms with Gasteiger partial charge in [-0.15, -0.1) is 0 Å². The maximum atomic E-state index is 6.02. The molecule has 0 amide bonds. The van der Waals surface area contributed by atoms with Crippen LogP contribution in [0.3, 0.4) is 0 Å². The molecule has 2 aliphatic rings. The van der Waals surface area contributed by atoms with Crippen LogP contribution < -0.4 is 5.73 Å². The summed E-state index contributed by atoms with van der Waals surface area (Å²) in [6.07, 6.45) is 8.23. The van der Waals surface area contributed by atoms with Gasteiger partial charge in [0.05, 0.1) is 0 Å². The van der Waals surface area contributed by atoms with Crippen LogP contribution in [0.2, 0.25) is 0 Å². The topological polar surface area (TPSA) is 29.3 Å². The maximum Gasteiger partial charge on any atom is 0.0239 e. The van der Waals surface area contributed by atoms with Crippen molar-refractivity contribution in [3.63, 3.8) is 0 Å². The van der Waals surface area contributed by atoms with E-state index in [0.29, 0.717) is 0 Å². The number of benzene rings is 1. The molecule has 2 unspecified atom stereocenters. The van der Waals surface area contributed by atoms with Gasteiger partial charge in [0, 0.05) is 18.6 Å². The van der Waals surface area contributed by atoms with E-state index in [1.165, 1.54) is 44.1 Å². The highest BCUT2D eigenvalue weighted by Crippen LogP contribution is 2.37. The molecule has 0 saturated heterocycles. The van der Waals surface area contributed by atoms with Crippen LogP contribution in [0, 0.1) is 5.92 Å². The lowest BCUT2D eigenvalue weighted by atomic mass is 9.83. The zero-order chi connectivity index (χ0) is 13.1. The highest BCUT2D eigenvalue weighted by molar-refractivity contribution is 5.15. The van der Waals surface area contributed by atoms with E-state index < -0.39 is 0 Å². The Hall–Kier alpha value is -0.860. The van der Waals surface area contributed by atoms with Gasteiger partial charge in [0.1, 0.15) is 0 Å². The molecule has 2 atom stereocenters. The zero-order valence-electron chi connectivity index (χ0n) is 11.8. The van der Waals surface area contributed by atoms with Crippen molar-refractivity contribution in [3.05, 3.63) is 35.9 Å². The molecule has 2 nitrogen and oxygen atoms in total. The van der Waals surface area contributed by atoms with Gasteiger partial charge in [-0.1, -0.05) is 43.2 Å². The quantitative estimate of drug-likeness (QED) is 0.879. The van der Waals surface area contributed by atoms with Crippen LogP contribution in [0.25, 0.3) is 0 Å². The Balaban J connectivity index is 1.73. The highest BCUT2D eigenvalue weighted by Gasteiger charge is 2.37. The highest BCUT2D eigenvalue weighted by atomic mass is 15.2. The van der Waals surface area contributed by atoms with Crippen molar-refractivity contribution < 1.29 is 0 Å². The van der Waals surface area contributed by atoms with Crippen LogP contribution in [0.5, 0.6) is 0 Å². The van der Waals surface area contributed by atoms with Crippen molar-refractivity contribution in [3.8, 4) is 0 Å². The number of hydrogen-bond acceptors (Lipinski definition) is 2. The number of rotatable bonds is 5. The van der Waals surface area contributed by atoms with Crippen molar-refractivity contribution >= 4 is 0 Å². The first kappa shape index (κ1) is 13.1. The molecule has 0 aromatic heterocycles. The van der Waals surface area contributed by atoms with E-state index in [4.69, 9.17) is 5.73 Å². The van der Waals surface area contributed by atoms with Gasteiger partial charge in [0.2, 0.25) is 0 Å². The van der Waals surface area contributed by atoms with Crippen LogP contribution in [0.15, 0.2) is 30.3 Å². The molecule has 2 N–H and O–H groups in total. The zero-order valence-corrected chi connectivity index (χ0v) is 11.8. The third kappa shape index (κ3) is 3.18. The predicted molar refractivity (Wildman–Crippen MR) is 79.8 cm³/mol. The monoisotopic (exact) mass is 258 g/mol. The van der Waals surface area contributed by atoms with Crippen molar-refractivity contribution in [2.24, 2.45) is 11.7 Å². The van der Waals surface area contributed by atoms with Crippen LogP contribution in [-0.4, -0.2) is 23.5 Å². The first-order valence-corrected chi connectivity index (χ1v) is 7.88. The summed E-state index contributed by atoms with van der Waals surface area (Å²) in [5.74, 6) is 0.720. The number of nitrogens with zero attached hydrogens (tertiary/aromatic N) is 1. The molecule has 104 valence electrons. The van der Waals surface area contributed by atoms with E-state index >= 15 is 0 Å². The lowest BCUT2D eigenvalue weighted by Gasteiger charge is -2.40. The van der Waals surface area contributed by atoms with Crippen molar-refractivity contribution in [1.29, 1.82) is 0 Å². The van der Waals surface area contributed by atoms with E-state index in [1.54, 1.807) is 0 Å². The second-order valence-corrected chi connectivity index (χ2v) is 6.24. The van der Waals surface area contributed by atoms with Gasteiger partial charge in [-0.3, -0.25) is 4.90 Å². The molecule has 0 radical (unpaired) electrons. The molecule has 0 heterocycles. The van der Waals surface area contributed by atoms with Crippen molar-refractivity contribution in [2.75, 3.05) is 6.54 Å². The van der Waals surface area contributed by atoms with Gasteiger partial charge in [0.15, 0.2) is 0 Å². The smallest absolute Gasteiger partial charge is 0.0239 e. The van der Waals surface area contributed by atoms with Gasteiger partial charge in [-0.2, -0.15) is 0 Å². The number of hydrogen-bond donors (Lipinski definition) is 1. The molecule has 2 saturated carbocycles. The van der Waals surface area contributed by atoms with E-state index in [9.17, 15) is 0 Å². The molecule has 19 heavy (non-hydrogen) atoms. The summed E-state index contributed by atoms with van der Waals surface area (Å²) in [6, 6.07) is 12.5. The normalized spacial score (nSPS) is 27.7. The molecule has 3 rings (SSSR count). The Labute approximate surface area is 117 Å². The fourth-order valence-corrected chi connectivity index (χ4v) is 3.62. The van der Waals surface area contributed by atoms with Gasteiger partial charge < -0.3 is 5.73 Å². The fourth-order valence-electron chi connectivity index (χ4n) is 3.62. The van der Waals surface area contributed by atoms with Crippen LogP contribution in [0.1, 0.15) is 44.1 Å². The average molecular weight is 258 g/mol. The van der Waals surface area contributed by atoms with Gasteiger partial charge in [-0.25, -0.2) is 0 Å². The molecule has 0 aliphatic heterocycles. The molecular formula is C17H26N2. The molecule has 2 fully saturated rings.